The zero-order valence-electron chi connectivity index (χ0n) is 13.2. The van der Waals surface area contributed by atoms with Crippen molar-refractivity contribution >= 4 is 0 Å². The van der Waals surface area contributed by atoms with Gasteiger partial charge >= 0.3 is 0 Å². The van der Waals surface area contributed by atoms with E-state index < -0.39 is 0 Å². The van der Waals surface area contributed by atoms with Crippen LogP contribution in [0.5, 0.6) is 0 Å². The third kappa shape index (κ3) is 3.02. The molecular formula is C16H25N5. The van der Waals surface area contributed by atoms with Crippen LogP contribution in [-0.2, 0) is 18.5 Å². The van der Waals surface area contributed by atoms with Crippen LogP contribution in [0.3, 0.4) is 0 Å². The summed E-state index contributed by atoms with van der Waals surface area (Å²) < 4.78 is 2.29. The summed E-state index contributed by atoms with van der Waals surface area (Å²) in [7, 11) is 0. The Morgan fingerprint density at radius 1 is 1.43 bits per heavy atom. The maximum Gasteiger partial charge on any atom is 0.113 e. The average molecular weight is 287 g/mol. The first-order chi connectivity index (χ1) is 10.1. The molecule has 5 nitrogen and oxygen atoms in total. The van der Waals surface area contributed by atoms with Crippen molar-refractivity contribution in [2.24, 2.45) is 0 Å². The van der Waals surface area contributed by atoms with Crippen LogP contribution in [0.1, 0.15) is 56.6 Å². The Morgan fingerprint density at radius 2 is 2.29 bits per heavy atom. The summed E-state index contributed by atoms with van der Waals surface area (Å²) >= 11 is 0. The molecule has 0 bridgehead atoms. The van der Waals surface area contributed by atoms with Gasteiger partial charge in [-0.25, -0.2) is 4.98 Å². The van der Waals surface area contributed by atoms with Crippen LogP contribution in [0.25, 0.3) is 0 Å². The topological polar surface area (TPSA) is 58.5 Å². The molecule has 1 aliphatic rings. The van der Waals surface area contributed by atoms with Crippen molar-refractivity contribution in [1.82, 2.24) is 25.1 Å². The zero-order chi connectivity index (χ0) is 14.9. The minimum Gasteiger partial charge on any atom is -0.335 e. The second-order valence-corrected chi connectivity index (χ2v) is 6.97. The standard InChI is InChI=1S/C16H25N5/c1-16(2,3)14-13(11-19-20-14)10-17-9-12-5-4-7-21-8-6-18-15(12)21/h6,8,11-12,17H,4-5,7,9-10H2,1-3H3,(H,19,20)/t12-/m1/s1. The number of nitrogens with one attached hydrogen (secondary N) is 2. The molecule has 1 aliphatic heterocycles. The summed E-state index contributed by atoms with van der Waals surface area (Å²) in [6, 6.07) is 0. The van der Waals surface area contributed by atoms with E-state index in [1.807, 2.05) is 12.4 Å². The van der Waals surface area contributed by atoms with Gasteiger partial charge in [0.1, 0.15) is 5.82 Å². The maximum atomic E-state index is 4.52. The second-order valence-electron chi connectivity index (χ2n) is 6.97. The van der Waals surface area contributed by atoms with Gasteiger partial charge < -0.3 is 9.88 Å². The smallest absolute Gasteiger partial charge is 0.113 e. The number of imidazole rings is 1. The summed E-state index contributed by atoms with van der Waals surface area (Å²) in [4.78, 5) is 4.52. The van der Waals surface area contributed by atoms with Crippen molar-refractivity contribution in [3.8, 4) is 0 Å². The number of hydrogen-bond donors (Lipinski definition) is 2. The van der Waals surface area contributed by atoms with E-state index in [-0.39, 0.29) is 5.41 Å². The zero-order valence-corrected chi connectivity index (χ0v) is 13.2. The third-order valence-electron chi connectivity index (χ3n) is 4.24. The fourth-order valence-electron chi connectivity index (χ4n) is 3.18. The van der Waals surface area contributed by atoms with E-state index in [9.17, 15) is 0 Å². The van der Waals surface area contributed by atoms with Crippen LogP contribution < -0.4 is 5.32 Å². The number of fused-ring (bicyclic) bond motifs is 1. The molecule has 0 radical (unpaired) electrons. The Hall–Kier alpha value is -1.62. The molecule has 2 N–H and O–H groups in total. The number of H-pyrrole nitrogens is 1. The number of aromatic nitrogens is 4. The number of nitrogens with zero attached hydrogens (tertiary/aromatic N) is 3. The van der Waals surface area contributed by atoms with Crippen LogP contribution in [0, 0.1) is 0 Å². The first-order valence-electron chi connectivity index (χ1n) is 7.80. The Morgan fingerprint density at radius 3 is 3.10 bits per heavy atom. The third-order valence-corrected chi connectivity index (χ3v) is 4.24. The van der Waals surface area contributed by atoms with Crippen molar-refractivity contribution in [2.75, 3.05) is 6.54 Å². The van der Waals surface area contributed by atoms with Gasteiger partial charge in [-0.15, -0.1) is 0 Å². The average Bonchev–Trinajstić information content (AvgIpc) is 3.06. The van der Waals surface area contributed by atoms with E-state index in [4.69, 9.17) is 0 Å². The lowest BCUT2D eigenvalue weighted by Crippen LogP contribution is -2.27. The minimum absolute atomic E-state index is 0.106. The summed E-state index contributed by atoms with van der Waals surface area (Å²) in [6.45, 7) is 9.58. The van der Waals surface area contributed by atoms with Crippen LogP contribution >= 0.6 is 0 Å². The summed E-state index contributed by atoms with van der Waals surface area (Å²) in [5, 5.41) is 10.9. The SMILES string of the molecule is CC(C)(C)c1[nH]ncc1CNC[C@H]1CCCn2ccnc21. The number of rotatable bonds is 4. The van der Waals surface area contributed by atoms with Gasteiger partial charge in [-0.2, -0.15) is 5.10 Å². The van der Waals surface area contributed by atoms with Crippen molar-refractivity contribution in [2.45, 2.75) is 58.0 Å². The van der Waals surface area contributed by atoms with Crippen LogP contribution in [0.4, 0.5) is 0 Å². The Balaban J connectivity index is 1.60. The van der Waals surface area contributed by atoms with Crippen LogP contribution in [0.15, 0.2) is 18.6 Å². The molecule has 0 saturated carbocycles. The summed E-state index contributed by atoms with van der Waals surface area (Å²) in [5.41, 5.74) is 2.59. The molecule has 5 heteroatoms. The number of aromatic amines is 1. The highest BCUT2D eigenvalue weighted by atomic mass is 15.1. The predicted molar refractivity (Wildman–Crippen MR) is 83.2 cm³/mol. The van der Waals surface area contributed by atoms with Crippen molar-refractivity contribution in [3.63, 3.8) is 0 Å². The van der Waals surface area contributed by atoms with E-state index in [0.717, 1.165) is 19.6 Å². The highest BCUT2D eigenvalue weighted by Gasteiger charge is 2.22. The fraction of sp³-hybridized carbons (Fsp3) is 0.625. The molecule has 114 valence electrons. The van der Waals surface area contributed by atoms with Crippen LogP contribution in [0.2, 0.25) is 0 Å². The van der Waals surface area contributed by atoms with Gasteiger partial charge in [0.15, 0.2) is 0 Å². The lowest BCUT2D eigenvalue weighted by molar-refractivity contribution is 0.422. The molecule has 2 aromatic rings. The molecule has 0 amide bonds. The predicted octanol–water partition coefficient (Wildman–Crippen LogP) is 2.57. The Kier molecular flexibility index (Phi) is 3.85. The largest absolute Gasteiger partial charge is 0.335 e. The normalized spacial score (nSPS) is 18.7. The molecular weight excluding hydrogens is 262 g/mol. The van der Waals surface area contributed by atoms with E-state index in [2.05, 4.69) is 52.0 Å². The van der Waals surface area contributed by atoms with Gasteiger partial charge in [0.2, 0.25) is 0 Å². The van der Waals surface area contributed by atoms with Crippen LogP contribution in [-0.4, -0.2) is 26.3 Å². The van der Waals surface area contributed by atoms with Gasteiger partial charge in [-0.3, -0.25) is 5.10 Å². The molecule has 0 aliphatic carbocycles. The Labute approximate surface area is 126 Å². The van der Waals surface area contributed by atoms with E-state index in [1.165, 1.54) is 29.9 Å². The molecule has 0 unspecified atom stereocenters. The van der Waals surface area contributed by atoms with Crippen molar-refractivity contribution in [3.05, 3.63) is 35.7 Å². The molecule has 3 rings (SSSR count). The molecule has 21 heavy (non-hydrogen) atoms. The van der Waals surface area contributed by atoms with Gasteiger partial charge in [0.25, 0.3) is 0 Å². The molecule has 1 atom stereocenters. The lowest BCUT2D eigenvalue weighted by Gasteiger charge is -2.24. The van der Waals surface area contributed by atoms with Gasteiger partial charge in [0, 0.05) is 54.6 Å². The highest BCUT2D eigenvalue weighted by Crippen LogP contribution is 2.26. The first-order valence-corrected chi connectivity index (χ1v) is 7.80. The number of aryl methyl sites for hydroxylation is 1. The fourth-order valence-corrected chi connectivity index (χ4v) is 3.18. The quantitative estimate of drug-likeness (QED) is 0.908. The van der Waals surface area contributed by atoms with E-state index in [0.29, 0.717) is 5.92 Å². The maximum absolute atomic E-state index is 4.52. The molecule has 3 heterocycles. The van der Waals surface area contributed by atoms with Gasteiger partial charge in [-0.05, 0) is 12.8 Å². The highest BCUT2D eigenvalue weighted by molar-refractivity contribution is 5.23. The molecule has 2 aromatic heterocycles. The molecule has 0 aromatic carbocycles. The molecule has 0 saturated heterocycles. The Bertz CT molecular complexity index is 590. The van der Waals surface area contributed by atoms with Gasteiger partial charge in [-0.1, -0.05) is 20.8 Å². The van der Waals surface area contributed by atoms with E-state index in [1.54, 1.807) is 0 Å². The summed E-state index contributed by atoms with van der Waals surface area (Å²) in [5.74, 6) is 1.76. The lowest BCUT2D eigenvalue weighted by atomic mass is 9.89. The number of hydrogen-bond acceptors (Lipinski definition) is 3. The summed E-state index contributed by atoms with van der Waals surface area (Å²) in [6.07, 6.45) is 8.42. The van der Waals surface area contributed by atoms with E-state index >= 15 is 0 Å². The van der Waals surface area contributed by atoms with Gasteiger partial charge in [0.05, 0.1) is 6.20 Å². The van der Waals surface area contributed by atoms with Crippen molar-refractivity contribution < 1.29 is 0 Å². The van der Waals surface area contributed by atoms with Crippen molar-refractivity contribution in [1.29, 1.82) is 0 Å². The second kappa shape index (κ2) is 5.64. The minimum atomic E-state index is 0.106. The first kappa shape index (κ1) is 14.3. The molecule has 0 fully saturated rings. The molecule has 0 spiro atoms. The monoisotopic (exact) mass is 287 g/mol.